The number of benzene rings is 1. The van der Waals surface area contributed by atoms with Crippen molar-refractivity contribution in [1.82, 2.24) is 4.98 Å². The molecule has 0 bridgehead atoms. The zero-order chi connectivity index (χ0) is 13.3. The van der Waals surface area contributed by atoms with Crippen LogP contribution in [0.2, 0.25) is 0 Å². The molecule has 18 heavy (non-hydrogen) atoms. The van der Waals surface area contributed by atoms with Crippen molar-refractivity contribution < 1.29 is 9.53 Å². The quantitative estimate of drug-likeness (QED) is 0.866. The summed E-state index contributed by atoms with van der Waals surface area (Å²) in [6.45, 7) is 1.98. The molecule has 1 N–H and O–H groups in total. The molecule has 0 aliphatic heterocycles. The van der Waals surface area contributed by atoms with Crippen molar-refractivity contribution in [2.75, 3.05) is 19.5 Å². The second-order valence-electron chi connectivity index (χ2n) is 3.86. The van der Waals surface area contributed by atoms with E-state index in [0.717, 1.165) is 26.6 Å². The molecule has 0 aliphatic rings. The number of hydrogen-bond acceptors (Lipinski definition) is 4. The molecule has 0 saturated heterocycles. The van der Waals surface area contributed by atoms with Gasteiger partial charge < -0.3 is 10.1 Å². The van der Waals surface area contributed by atoms with E-state index in [1.807, 2.05) is 19.1 Å². The van der Waals surface area contributed by atoms with Crippen LogP contribution in [0.15, 0.2) is 22.8 Å². The second kappa shape index (κ2) is 4.94. The van der Waals surface area contributed by atoms with Gasteiger partial charge in [0.25, 0.3) is 0 Å². The third-order valence-corrected chi connectivity index (χ3v) is 3.74. The van der Waals surface area contributed by atoms with Crippen LogP contribution in [0, 0.1) is 6.92 Å². The Hall–Kier alpha value is -1.62. The number of carbonyl (C=O) groups excluding carboxylic acids is 1. The number of aromatic nitrogens is 1. The predicted molar refractivity (Wildman–Crippen MR) is 75.1 cm³/mol. The highest BCUT2D eigenvalue weighted by Crippen LogP contribution is 2.31. The fourth-order valence-corrected chi connectivity index (χ4v) is 2.24. The number of pyridine rings is 1. The Labute approximate surface area is 113 Å². The van der Waals surface area contributed by atoms with Crippen LogP contribution < -0.4 is 5.32 Å². The van der Waals surface area contributed by atoms with E-state index in [-0.39, 0.29) is 0 Å². The van der Waals surface area contributed by atoms with E-state index in [1.54, 1.807) is 13.2 Å². The van der Waals surface area contributed by atoms with Gasteiger partial charge in [0.05, 0.1) is 18.3 Å². The van der Waals surface area contributed by atoms with Crippen molar-refractivity contribution >= 4 is 38.5 Å². The minimum atomic E-state index is -0.394. The minimum absolute atomic E-state index is 0.394. The molecule has 0 atom stereocenters. The number of hydrogen-bond donors (Lipinski definition) is 1. The standard InChI is InChI=1S/C13H13BrN2O2/c1-7-10(14)5-4-8-11(7)16-6-9(12(8)15-2)13(17)18-3/h4-6H,1-3H3,(H,15,16). The highest BCUT2D eigenvalue weighted by atomic mass is 79.9. The highest BCUT2D eigenvalue weighted by Gasteiger charge is 2.16. The first kappa shape index (κ1) is 12.8. The van der Waals surface area contributed by atoms with Crippen molar-refractivity contribution in [3.63, 3.8) is 0 Å². The summed E-state index contributed by atoms with van der Waals surface area (Å²) in [5.41, 5.74) is 3.08. The number of rotatable bonds is 2. The molecule has 0 aliphatic carbocycles. The van der Waals surface area contributed by atoms with Gasteiger partial charge in [0.15, 0.2) is 0 Å². The van der Waals surface area contributed by atoms with Gasteiger partial charge in [0.1, 0.15) is 5.56 Å². The number of esters is 1. The van der Waals surface area contributed by atoms with Gasteiger partial charge in [0, 0.05) is 23.1 Å². The molecule has 94 valence electrons. The normalized spacial score (nSPS) is 10.4. The second-order valence-corrected chi connectivity index (χ2v) is 4.71. The van der Waals surface area contributed by atoms with E-state index in [4.69, 9.17) is 4.74 Å². The Kier molecular flexibility index (Phi) is 3.52. The lowest BCUT2D eigenvalue weighted by atomic mass is 10.1. The summed E-state index contributed by atoms with van der Waals surface area (Å²) in [5, 5.41) is 3.95. The SMILES string of the molecule is CNc1c(C(=O)OC)cnc2c(C)c(Br)ccc12. The smallest absolute Gasteiger partial charge is 0.341 e. The lowest BCUT2D eigenvalue weighted by molar-refractivity contribution is 0.0601. The number of fused-ring (bicyclic) bond motifs is 1. The predicted octanol–water partition coefficient (Wildman–Crippen LogP) is 3.13. The fraction of sp³-hybridized carbons (Fsp3) is 0.231. The number of carbonyl (C=O) groups is 1. The third kappa shape index (κ3) is 1.95. The highest BCUT2D eigenvalue weighted by molar-refractivity contribution is 9.10. The van der Waals surface area contributed by atoms with E-state index < -0.39 is 5.97 Å². The number of aryl methyl sites for hydroxylation is 1. The number of nitrogens with one attached hydrogen (secondary N) is 1. The first-order chi connectivity index (χ1) is 8.60. The van der Waals surface area contributed by atoms with Gasteiger partial charge in [-0.15, -0.1) is 0 Å². The first-order valence-electron chi connectivity index (χ1n) is 5.44. The van der Waals surface area contributed by atoms with Crippen LogP contribution in [0.3, 0.4) is 0 Å². The molecule has 2 aromatic rings. The van der Waals surface area contributed by atoms with Crippen LogP contribution in [0.4, 0.5) is 5.69 Å². The molecule has 0 saturated carbocycles. The molecule has 5 heteroatoms. The van der Waals surface area contributed by atoms with Crippen molar-refractivity contribution in [2.24, 2.45) is 0 Å². The average Bonchev–Trinajstić information content (AvgIpc) is 2.40. The van der Waals surface area contributed by atoms with Gasteiger partial charge in [-0.2, -0.15) is 0 Å². The zero-order valence-electron chi connectivity index (χ0n) is 10.4. The number of nitrogens with zero attached hydrogens (tertiary/aromatic N) is 1. The Morgan fingerprint density at radius 1 is 1.44 bits per heavy atom. The van der Waals surface area contributed by atoms with Crippen molar-refractivity contribution in [3.8, 4) is 0 Å². The van der Waals surface area contributed by atoms with E-state index in [1.165, 1.54) is 7.11 Å². The maximum absolute atomic E-state index is 11.7. The molecule has 0 unspecified atom stereocenters. The van der Waals surface area contributed by atoms with E-state index >= 15 is 0 Å². The van der Waals surface area contributed by atoms with Gasteiger partial charge in [-0.25, -0.2) is 4.79 Å². The van der Waals surface area contributed by atoms with Crippen LogP contribution in [0.5, 0.6) is 0 Å². The van der Waals surface area contributed by atoms with Gasteiger partial charge in [0.2, 0.25) is 0 Å². The number of halogens is 1. The summed E-state index contributed by atoms with van der Waals surface area (Å²) in [5.74, 6) is -0.394. The molecular formula is C13H13BrN2O2. The maximum atomic E-state index is 11.7. The Bertz CT molecular complexity index is 626. The van der Waals surface area contributed by atoms with Crippen molar-refractivity contribution in [1.29, 1.82) is 0 Å². The number of methoxy groups -OCH3 is 1. The van der Waals surface area contributed by atoms with Crippen LogP contribution >= 0.6 is 15.9 Å². The average molecular weight is 309 g/mol. The summed E-state index contributed by atoms with van der Waals surface area (Å²) in [4.78, 5) is 16.0. The van der Waals surface area contributed by atoms with E-state index in [0.29, 0.717) is 5.56 Å². The summed E-state index contributed by atoms with van der Waals surface area (Å²) in [7, 11) is 3.14. The van der Waals surface area contributed by atoms with Gasteiger partial charge >= 0.3 is 5.97 Å². The number of ether oxygens (including phenoxy) is 1. The minimum Gasteiger partial charge on any atom is -0.465 e. The molecule has 0 spiro atoms. The van der Waals surface area contributed by atoms with Crippen molar-refractivity contribution in [2.45, 2.75) is 6.92 Å². The Balaban J connectivity index is 2.81. The van der Waals surface area contributed by atoms with Crippen LogP contribution in [0.1, 0.15) is 15.9 Å². The van der Waals surface area contributed by atoms with E-state index in [2.05, 4.69) is 26.2 Å². The topological polar surface area (TPSA) is 51.2 Å². The lowest BCUT2D eigenvalue weighted by Gasteiger charge is -2.12. The molecule has 0 amide bonds. The Morgan fingerprint density at radius 2 is 2.17 bits per heavy atom. The molecule has 2 rings (SSSR count). The lowest BCUT2D eigenvalue weighted by Crippen LogP contribution is -2.07. The largest absolute Gasteiger partial charge is 0.465 e. The van der Waals surface area contributed by atoms with Crippen LogP contribution in [0.25, 0.3) is 10.9 Å². The van der Waals surface area contributed by atoms with Gasteiger partial charge in [-0.05, 0) is 24.6 Å². The summed E-state index contributed by atoms with van der Waals surface area (Å²) < 4.78 is 5.75. The van der Waals surface area contributed by atoms with Gasteiger partial charge in [-0.3, -0.25) is 4.98 Å². The fourth-order valence-electron chi connectivity index (χ4n) is 1.92. The molecule has 1 aromatic heterocycles. The summed E-state index contributed by atoms with van der Waals surface area (Å²) in [6, 6.07) is 3.87. The monoisotopic (exact) mass is 308 g/mol. The first-order valence-corrected chi connectivity index (χ1v) is 6.23. The zero-order valence-corrected chi connectivity index (χ0v) is 12.0. The van der Waals surface area contributed by atoms with Gasteiger partial charge in [-0.1, -0.05) is 15.9 Å². The summed E-state index contributed by atoms with van der Waals surface area (Å²) in [6.07, 6.45) is 1.54. The Morgan fingerprint density at radius 3 is 2.78 bits per heavy atom. The molecule has 1 aromatic carbocycles. The van der Waals surface area contributed by atoms with Crippen LogP contribution in [-0.4, -0.2) is 25.1 Å². The third-order valence-electron chi connectivity index (χ3n) is 2.88. The maximum Gasteiger partial charge on any atom is 0.341 e. The molecule has 1 heterocycles. The van der Waals surface area contributed by atoms with Crippen molar-refractivity contribution in [3.05, 3.63) is 33.9 Å². The summed E-state index contributed by atoms with van der Waals surface area (Å²) >= 11 is 3.47. The molecule has 0 radical (unpaired) electrons. The molecule has 0 fully saturated rings. The van der Waals surface area contributed by atoms with Crippen LogP contribution in [-0.2, 0) is 4.74 Å². The molecule has 4 nitrogen and oxygen atoms in total. The molecular weight excluding hydrogens is 296 g/mol. The number of anilines is 1. The van der Waals surface area contributed by atoms with E-state index in [9.17, 15) is 4.79 Å².